The van der Waals surface area contributed by atoms with Gasteiger partial charge in [0.25, 0.3) is 5.91 Å². The SMILES string of the molecule is Cc1cccc(N=C2NC(=O)/C(=C/c3ccc(-c4ccccc4C(=O)[O-])o3)S2)c1. The Hall–Kier alpha value is -3.58. The molecule has 0 saturated carbocycles. The number of aryl methyl sites for hydroxylation is 1. The van der Waals surface area contributed by atoms with Crippen LogP contribution >= 0.6 is 11.8 Å². The molecule has 0 radical (unpaired) electrons. The minimum absolute atomic E-state index is 0.0432. The predicted octanol–water partition coefficient (Wildman–Crippen LogP) is 3.51. The summed E-state index contributed by atoms with van der Waals surface area (Å²) in [7, 11) is 0. The normalized spacial score (nSPS) is 16.4. The van der Waals surface area contributed by atoms with Crippen molar-refractivity contribution in [2.75, 3.05) is 0 Å². The van der Waals surface area contributed by atoms with Crippen molar-refractivity contribution in [2.45, 2.75) is 6.92 Å². The average Bonchev–Trinajstić information content (AvgIpc) is 3.29. The molecule has 1 fully saturated rings. The maximum absolute atomic E-state index is 12.3. The number of carboxylic acid groups (broad SMARTS) is 1. The number of carbonyl (C=O) groups is 2. The van der Waals surface area contributed by atoms with Crippen LogP contribution in [0.1, 0.15) is 21.7 Å². The van der Waals surface area contributed by atoms with Crippen molar-refractivity contribution >= 4 is 40.6 Å². The lowest BCUT2D eigenvalue weighted by Crippen LogP contribution is -2.22. The van der Waals surface area contributed by atoms with E-state index in [2.05, 4.69) is 10.3 Å². The Morgan fingerprint density at radius 3 is 2.76 bits per heavy atom. The lowest BCUT2D eigenvalue weighted by atomic mass is 10.1. The molecule has 29 heavy (non-hydrogen) atoms. The second-order valence-electron chi connectivity index (χ2n) is 6.36. The summed E-state index contributed by atoms with van der Waals surface area (Å²) in [6.45, 7) is 1.97. The van der Waals surface area contributed by atoms with Crippen LogP contribution in [0.3, 0.4) is 0 Å². The fraction of sp³-hybridized carbons (Fsp3) is 0.0455. The van der Waals surface area contributed by atoms with Gasteiger partial charge in [0.1, 0.15) is 11.5 Å². The maximum atomic E-state index is 12.3. The van der Waals surface area contributed by atoms with Gasteiger partial charge in [0, 0.05) is 17.2 Å². The molecule has 2 aromatic carbocycles. The minimum atomic E-state index is -1.28. The zero-order valence-corrected chi connectivity index (χ0v) is 16.2. The number of aliphatic imine (C=N–C) groups is 1. The molecule has 1 aliphatic rings. The summed E-state index contributed by atoms with van der Waals surface area (Å²) in [4.78, 5) is 28.4. The van der Waals surface area contributed by atoms with Gasteiger partial charge in [-0.15, -0.1) is 0 Å². The first kappa shape index (κ1) is 18.8. The molecule has 0 aliphatic carbocycles. The first-order chi connectivity index (χ1) is 14.0. The Morgan fingerprint density at radius 2 is 1.97 bits per heavy atom. The van der Waals surface area contributed by atoms with Gasteiger partial charge in [0.15, 0.2) is 5.17 Å². The van der Waals surface area contributed by atoms with Gasteiger partial charge < -0.3 is 19.6 Å². The third-order valence-corrected chi connectivity index (χ3v) is 5.11. The molecular weight excluding hydrogens is 388 g/mol. The fourth-order valence-corrected chi connectivity index (χ4v) is 3.70. The average molecular weight is 403 g/mol. The highest BCUT2D eigenvalue weighted by atomic mass is 32.2. The maximum Gasteiger partial charge on any atom is 0.264 e. The van der Waals surface area contributed by atoms with E-state index in [0.29, 0.717) is 27.2 Å². The highest BCUT2D eigenvalue weighted by molar-refractivity contribution is 8.18. The van der Waals surface area contributed by atoms with E-state index in [1.165, 1.54) is 17.8 Å². The zero-order valence-electron chi connectivity index (χ0n) is 15.3. The number of thioether (sulfide) groups is 1. The largest absolute Gasteiger partial charge is 0.545 e. The highest BCUT2D eigenvalue weighted by Gasteiger charge is 2.24. The molecule has 2 heterocycles. The van der Waals surface area contributed by atoms with Crippen LogP contribution in [0.15, 0.2) is 75.0 Å². The van der Waals surface area contributed by atoms with Crippen LogP contribution in [0.2, 0.25) is 0 Å². The second kappa shape index (κ2) is 7.81. The number of carboxylic acids is 1. The van der Waals surface area contributed by atoms with Crippen LogP contribution in [0.4, 0.5) is 5.69 Å². The lowest BCUT2D eigenvalue weighted by molar-refractivity contribution is -0.254. The standard InChI is InChI=1S/C22H16N2O4S/c1-13-5-4-6-14(11-13)23-22-24-20(25)19(29-22)12-15-9-10-18(28-15)16-7-2-3-8-17(16)21(26)27/h2-12H,1H3,(H,26,27)(H,23,24,25)/p-1/b19-12-. The van der Waals surface area contributed by atoms with Crippen molar-refractivity contribution < 1.29 is 19.1 Å². The molecular formula is C22H15N2O4S-. The van der Waals surface area contributed by atoms with Crippen LogP contribution in [-0.2, 0) is 4.79 Å². The summed E-state index contributed by atoms with van der Waals surface area (Å²) in [6, 6.07) is 17.4. The van der Waals surface area contributed by atoms with Crippen LogP contribution in [0.5, 0.6) is 0 Å². The summed E-state index contributed by atoms with van der Waals surface area (Å²) in [6.07, 6.45) is 1.60. The van der Waals surface area contributed by atoms with Gasteiger partial charge in [-0.05, 0) is 48.5 Å². The number of rotatable bonds is 4. The van der Waals surface area contributed by atoms with Crippen LogP contribution in [0, 0.1) is 6.92 Å². The number of carbonyl (C=O) groups excluding carboxylic acids is 2. The molecule has 7 heteroatoms. The fourth-order valence-electron chi connectivity index (χ4n) is 2.88. The van der Waals surface area contributed by atoms with Crippen LogP contribution < -0.4 is 10.4 Å². The molecule has 1 saturated heterocycles. The molecule has 144 valence electrons. The van der Waals surface area contributed by atoms with Crippen molar-refractivity contribution in [1.82, 2.24) is 5.32 Å². The molecule has 1 aliphatic heterocycles. The van der Waals surface area contributed by atoms with Gasteiger partial charge in [-0.2, -0.15) is 0 Å². The summed E-state index contributed by atoms with van der Waals surface area (Å²) in [5.74, 6) is -0.731. The zero-order chi connectivity index (χ0) is 20.4. The molecule has 0 atom stereocenters. The number of hydrogen-bond acceptors (Lipinski definition) is 6. The van der Waals surface area contributed by atoms with Gasteiger partial charge in [-0.3, -0.25) is 4.79 Å². The van der Waals surface area contributed by atoms with Gasteiger partial charge in [-0.1, -0.05) is 36.4 Å². The summed E-state index contributed by atoms with van der Waals surface area (Å²) in [5.41, 5.74) is 2.30. The summed E-state index contributed by atoms with van der Waals surface area (Å²) >= 11 is 1.21. The second-order valence-corrected chi connectivity index (χ2v) is 7.39. The molecule has 0 unspecified atom stereocenters. The smallest absolute Gasteiger partial charge is 0.264 e. The molecule has 6 nitrogen and oxygen atoms in total. The van der Waals surface area contributed by atoms with E-state index < -0.39 is 5.97 Å². The molecule has 0 spiro atoms. The van der Waals surface area contributed by atoms with E-state index in [1.54, 1.807) is 36.4 Å². The van der Waals surface area contributed by atoms with E-state index in [4.69, 9.17) is 4.42 Å². The Kier molecular flexibility index (Phi) is 5.05. The van der Waals surface area contributed by atoms with Gasteiger partial charge in [-0.25, -0.2) is 4.99 Å². The first-order valence-electron chi connectivity index (χ1n) is 8.76. The van der Waals surface area contributed by atoms with Crippen LogP contribution in [0.25, 0.3) is 17.4 Å². The number of nitrogens with one attached hydrogen (secondary N) is 1. The number of furan rings is 1. The number of amidine groups is 1. The Morgan fingerprint density at radius 1 is 1.14 bits per heavy atom. The molecule has 0 bridgehead atoms. The van der Waals surface area contributed by atoms with E-state index in [0.717, 1.165) is 11.3 Å². The van der Waals surface area contributed by atoms with Crippen molar-refractivity contribution in [3.63, 3.8) is 0 Å². The number of benzene rings is 2. The summed E-state index contributed by atoms with van der Waals surface area (Å²) in [5, 5.41) is 14.5. The van der Waals surface area contributed by atoms with E-state index in [-0.39, 0.29) is 11.5 Å². The lowest BCUT2D eigenvalue weighted by Gasteiger charge is -2.07. The minimum Gasteiger partial charge on any atom is -0.545 e. The van der Waals surface area contributed by atoms with Crippen LogP contribution in [-0.4, -0.2) is 17.0 Å². The monoisotopic (exact) mass is 403 g/mol. The van der Waals surface area contributed by atoms with Gasteiger partial charge in [0.2, 0.25) is 0 Å². The predicted molar refractivity (Wildman–Crippen MR) is 110 cm³/mol. The van der Waals surface area contributed by atoms with E-state index in [9.17, 15) is 14.7 Å². The Balaban J connectivity index is 1.58. The molecule has 3 aromatic rings. The number of hydrogen-bond donors (Lipinski definition) is 1. The van der Waals surface area contributed by atoms with E-state index in [1.807, 2.05) is 31.2 Å². The molecule has 1 aromatic heterocycles. The van der Waals surface area contributed by atoms with Gasteiger partial charge in [0.05, 0.1) is 16.6 Å². The third kappa shape index (κ3) is 4.14. The molecule has 4 rings (SSSR count). The van der Waals surface area contributed by atoms with E-state index >= 15 is 0 Å². The van der Waals surface area contributed by atoms with Crippen molar-refractivity contribution in [3.05, 3.63) is 82.5 Å². The number of nitrogens with zero attached hydrogens (tertiary/aromatic N) is 1. The first-order valence-corrected chi connectivity index (χ1v) is 9.58. The molecule has 1 N–H and O–H groups in total. The quantitative estimate of drug-likeness (QED) is 0.673. The molecule has 1 amide bonds. The Bertz CT molecular complexity index is 1180. The van der Waals surface area contributed by atoms with Gasteiger partial charge >= 0.3 is 0 Å². The number of amides is 1. The van der Waals surface area contributed by atoms with Crippen molar-refractivity contribution in [3.8, 4) is 11.3 Å². The summed E-state index contributed by atoms with van der Waals surface area (Å²) < 4.78 is 5.74. The van der Waals surface area contributed by atoms with Crippen molar-refractivity contribution in [1.29, 1.82) is 0 Å². The highest BCUT2D eigenvalue weighted by Crippen LogP contribution is 2.31. The number of aromatic carboxylic acids is 1. The third-order valence-electron chi connectivity index (χ3n) is 4.20. The van der Waals surface area contributed by atoms with Crippen molar-refractivity contribution in [2.24, 2.45) is 4.99 Å². The Labute approximate surface area is 171 Å². The topological polar surface area (TPSA) is 94.7 Å².